The van der Waals surface area contributed by atoms with Gasteiger partial charge in [-0.2, -0.15) is 11.3 Å². The fourth-order valence-electron chi connectivity index (χ4n) is 2.86. The van der Waals surface area contributed by atoms with Crippen molar-refractivity contribution < 1.29 is 13.9 Å². The van der Waals surface area contributed by atoms with Crippen molar-refractivity contribution in [3.05, 3.63) is 21.5 Å². The minimum absolute atomic E-state index is 0.119. The van der Waals surface area contributed by atoms with Gasteiger partial charge in [0, 0.05) is 20.8 Å². The van der Waals surface area contributed by atoms with Gasteiger partial charge in [-0.25, -0.2) is 9.18 Å². The summed E-state index contributed by atoms with van der Waals surface area (Å²) in [5.41, 5.74) is 0. The average Bonchev–Trinajstić information content (AvgIpc) is 3.16. The van der Waals surface area contributed by atoms with Gasteiger partial charge in [0.25, 0.3) is 0 Å². The summed E-state index contributed by atoms with van der Waals surface area (Å²) >= 11 is 2.65. The van der Waals surface area contributed by atoms with E-state index in [0.29, 0.717) is 17.9 Å². The van der Waals surface area contributed by atoms with E-state index in [1.807, 2.05) is 5.38 Å². The van der Waals surface area contributed by atoms with E-state index in [4.69, 9.17) is 4.74 Å². The van der Waals surface area contributed by atoms with Gasteiger partial charge in [0.05, 0.1) is 6.61 Å². The number of ether oxygens (including phenoxy) is 1. The van der Waals surface area contributed by atoms with Crippen molar-refractivity contribution in [1.82, 2.24) is 0 Å². The first-order chi connectivity index (χ1) is 11.7. The second-order valence-electron chi connectivity index (χ2n) is 6.35. The molecule has 2 heterocycles. The minimum atomic E-state index is -0.506. The molecule has 2 rings (SSSR count). The monoisotopic (exact) mass is 370 g/mol. The highest BCUT2D eigenvalue weighted by Crippen LogP contribution is 2.33. The summed E-state index contributed by atoms with van der Waals surface area (Å²) in [6, 6.07) is 0. The molecule has 0 aliphatic carbocycles. The number of fused-ring (bicyclic) bond motifs is 1. The van der Waals surface area contributed by atoms with E-state index in [9.17, 15) is 9.18 Å². The van der Waals surface area contributed by atoms with E-state index < -0.39 is 11.8 Å². The number of halogens is 1. The van der Waals surface area contributed by atoms with Gasteiger partial charge in [0.15, 0.2) is 5.82 Å². The van der Waals surface area contributed by atoms with Gasteiger partial charge in [0.1, 0.15) is 4.88 Å². The maximum atomic E-state index is 14.2. The third-order valence-electron chi connectivity index (χ3n) is 4.34. The molecule has 5 heteroatoms. The zero-order chi connectivity index (χ0) is 17.4. The van der Waals surface area contributed by atoms with Gasteiger partial charge in [0.2, 0.25) is 0 Å². The maximum absolute atomic E-state index is 14.2. The third-order valence-corrected chi connectivity index (χ3v) is 6.34. The van der Waals surface area contributed by atoms with E-state index in [2.05, 4.69) is 13.8 Å². The summed E-state index contributed by atoms with van der Waals surface area (Å²) in [5.74, 6) is -0.530. The lowest BCUT2D eigenvalue weighted by atomic mass is 9.96. The van der Waals surface area contributed by atoms with E-state index in [-0.39, 0.29) is 4.88 Å². The molecule has 0 aliphatic heterocycles. The molecule has 0 saturated carbocycles. The lowest BCUT2D eigenvalue weighted by Gasteiger charge is -2.16. The summed E-state index contributed by atoms with van der Waals surface area (Å²) in [6.45, 7) is 4.79. The Labute approximate surface area is 152 Å². The Hall–Kier alpha value is -0.940. The van der Waals surface area contributed by atoms with E-state index in [1.54, 1.807) is 5.38 Å². The van der Waals surface area contributed by atoms with Gasteiger partial charge in [-0.15, -0.1) is 11.3 Å². The summed E-state index contributed by atoms with van der Waals surface area (Å²) in [5, 5.41) is 4.16. The Morgan fingerprint density at radius 2 is 1.88 bits per heavy atom. The molecule has 0 aromatic carbocycles. The van der Waals surface area contributed by atoms with Crippen LogP contribution in [0.15, 0.2) is 10.8 Å². The number of rotatable bonds is 11. The van der Waals surface area contributed by atoms with Crippen LogP contribution in [0.2, 0.25) is 0 Å². The molecule has 0 fully saturated rings. The summed E-state index contributed by atoms with van der Waals surface area (Å²) in [6.07, 6.45) is 9.38. The molecule has 0 N–H and O–H groups in total. The molecule has 0 aliphatic rings. The van der Waals surface area contributed by atoms with Crippen LogP contribution in [0.1, 0.15) is 74.9 Å². The van der Waals surface area contributed by atoms with Crippen LogP contribution in [0.4, 0.5) is 4.39 Å². The lowest BCUT2D eigenvalue weighted by molar-refractivity contribution is 0.0424. The number of hydrogen-bond donors (Lipinski definition) is 0. The molecule has 0 bridgehead atoms. The molecular weight excluding hydrogens is 343 g/mol. The Kier molecular flexibility index (Phi) is 8.19. The summed E-state index contributed by atoms with van der Waals surface area (Å²) < 4.78 is 20.5. The molecule has 2 nitrogen and oxygen atoms in total. The highest BCUT2D eigenvalue weighted by Gasteiger charge is 2.21. The molecule has 24 heavy (non-hydrogen) atoms. The van der Waals surface area contributed by atoms with Gasteiger partial charge in [-0.05, 0) is 18.8 Å². The topological polar surface area (TPSA) is 26.3 Å². The minimum Gasteiger partial charge on any atom is -0.461 e. The largest absolute Gasteiger partial charge is 0.461 e. The average molecular weight is 371 g/mol. The molecule has 0 spiro atoms. The quantitative estimate of drug-likeness (QED) is 0.313. The number of carbonyl (C=O) groups is 1. The van der Waals surface area contributed by atoms with Crippen LogP contribution >= 0.6 is 22.7 Å². The Balaban J connectivity index is 1.87. The van der Waals surface area contributed by atoms with E-state index in [1.165, 1.54) is 48.4 Å². The smallest absolute Gasteiger partial charge is 0.351 e. The van der Waals surface area contributed by atoms with Gasteiger partial charge >= 0.3 is 5.97 Å². The normalized spacial score (nSPS) is 12.6. The first-order valence-electron chi connectivity index (χ1n) is 8.98. The van der Waals surface area contributed by atoms with Crippen LogP contribution in [0.3, 0.4) is 0 Å². The maximum Gasteiger partial charge on any atom is 0.351 e. The summed E-state index contributed by atoms with van der Waals surface area (Å²) in [7, 11) is 0. The number of thiophene rings is 2. The number of hydrogen-bond acceptors (Lipinski definition) is 4. The van der Waals surface area contributed by atoms with Crippen molar-refractivity contribution in [2.24, 2.45) is 5.92 Å². The Bertz CT molecular complexity index is 632. The van der Waals surface area contributed by atoms with Crippen LogP contribution in [0.5, 0.6) is 0 Å². The fraction of sp³-hybridized carbons (Fsp3) is 0.632. The van der Waals surface area contributed by atoms with Crippen molar-refractivity contribution in [2.45, 2.75) is 65.2 Å². The van der Waals surface area contributed by atoms with Crippen molar-refractivity contribution in [1.29, 1.82) is 0 Å². The van der Waals surface area contributed by atoms with E-state index >= 15 is 0 Å². The molecule has 0 amide bonds. The van der Waals surface area contributed by atoms with Gasteiger partial charge in [-0.3, -0.25) is 0 Å². The second kappa shape index (κ2) is 10.1. The highest BCUT2D eigenvalue weighted by atomic mass is 32.1. The lowest BCUT2D eigenvalue weighted by Crippen LogP contribution is -2.14. The molecular formula is C19H27FO2S2. The SMILES string of the molecule is CCCCCCC(CCCC)COC(=O)c1sc2cscc2c1F. The molecule has 134 valence electrons. The van der Waals surface area contributed by atoms with E-state index in [0.717, 1.165) is 30.4 Å². The zero-order valence-electron chi connectivity index (χ0n) is 14.6. The molecule has 1 unspecified atom stereocenters. The Morgan fingerprint density at radius 1 is 1.12 bits per heavy atom. The molecule has 1 atom stereocenters. The first-order valence-corrected chi connectivity index (χ1v) is 10.7. The number of unbranched alkanes of at least 4 members (excludes halogenated alkanes) is 4. The van der Waals surface area contributed by atoms with Crippen LogP contribution in [0, 0.1) is 11.7 Å². The third kappa shape index (κ3) is 5.28. The zero-order valence-corrected chi connectivity index (χ0v) is 16.2. The predicted octanol–water partition coefficient (Wildman–Crippen LogP) is 7.04. The van der Waals surface area contributed by atoms with Gasteiger partial charge < -0.3 is 4.74 Å². The number of esters is 1. The highest BCUT2D eigenvalue weighted by molar-refractivity contribution is 7.24. The molecule has 2 aromatic heterocycles. The first kappa shape index (κ1) is 19.4. The van der Waals surface area contributed by atoms with Crippen molar-refractivity contribution in [3.63, 3.8) is 0 Å². The summed E-state index contributed by atoms with van der Waals surface area (Å²) in [4.78, 5) is 12.4. The van der Waals surface area contributed by atoms with Crippen molar-refractivity contribution in [3.8, 4) is 0 Å². The molecule has 0 saturated heterocycles. The van der Waals surface area contributed by atoms with Crippen LogP contribution in [-0.4, -0.2) is 12.6 Å². The second-order valence-corrected chi connectivity index (χ2v) is 8.15. The fourth-order valence-corrected chi connectivity index (χ4v) is 4.79. The molecule has 0 radical (unpaired) electrons. The van der Waals surface area contributed by atoms with Crippen molar-refractivity contribution >= 4 is 38.7 Å². The van der Waals surface area contributed by atoms with Crippen LogP contribution in [-0.2, 0) is 4.74 Å². The van der Waals surface area contributed by atoms with Crippen molar-refractivity contribution in [2.75, 3.05) is 6.61 Å². The standard InChI is InChI=1S/C19H27FO2S2/c1-3-5-7-8-10-14(9-6-4-2)11-22-19(21)18-17(20)15-12-23-13-16(15)24-18/h12-14H,3-11H2,1-2H3. The number of carbonyl (C=O) groups excluding carboxylic acids is 1. The Morgan fingerprint density at radius 3 is 2.58 bits per heavy atom. The molecule has 2 aromatic rings. The van der Waals surface area contributed by atoms with Crippen LogP contribution in [0.25, 0.3) is 10.1 Å². The van der Waals surface area contributed by atoms with Crippen LogP contribution < -0.4 is 0 Å². The predicted molar refractivity (Wildman–Crippen MR) is 102 cm³/mol. The van der Waals surface area contributed by atoms with Gasteiger partial charge in [-0.1, -0.05) is 52.4 Å².